The van der Waals surface area contributed by atoms with E-state index in [-0.39, 0.29) is 24.0 Å². The number of nitrogens with zero attached hydrogens (tertiary/aromatic N) is 2. The summed E-state index contributed by atoms with van der Waals surface area (Å²) in [6.07, 6.45) is 7.10. The molecule has 4 rings (SSSR count). The maximum atomic E-state index is 13.5. The van der Waals surface area contributed by atoms with E-state index in [1.54, 1.807) is 0 Å². The standard InChI is InChI=1S/C24H31BrN4O3/c1-15(2)21(28-24(31)32-18-6-3-4-7-18)23(30)29-13-5-8-20(29)22-26-14-19(27-22)16-9-11-17(25)12-10-16/h9-12,14-15,18,20-21H,3-8,13H2,1-2H3,(H,26,27)(H,28,31). The van der Waals surface area contributed by atoms with Crippen molar-refractivity contribution in [2.75, 3.05) is 6.54 Å². The van der Waals surface area contributed by atoms with Crippen LogP contribution in [0.15, 0.2) is 34.9 Å². The Bertz CT molecular complexity index is 937. The third-order valence-electron chi connectivity index (χ3n) is 6.37. The van der Waals surface area contributed by atoms with Gasteiger partial charge in [-0.3, -0.25) is 4.79 Å². The largest absolute Gasteiger partial charge is 0.446 e. The topological polar surface area (TPSA) is 87.3 Å². The average Bonchev–Trinajstić information content (AvgIpc) is 3.52. The Morgan fingerprint density at radius 1 is 1.16 bits per heavy atom. The predicted octanol–water partition coefficient (Wildman–Crippen LogP) is 5.20. The average molecular weight is 503 g/mol. The second-order valence-electron chi connectivity index (χ2n) is 9.05. The number of likely N-dealkylation sites (tertiary alicyclic amines) is 1. The van der Waals surface area contributed by atoms with Crippen molar-refractivity contribution in [3.8, 4) is 11.3 Å². The number of imidazole rings is 1. The van der Waals surface area contributed by atoms with Crippen molar-refractivity contribution in [2.45, 2.75) is 70.6 Å². The van der Waals surface area contributed by atoms with E-state index in [0.29, 0.717) is 6.54 Å². The van der Waals surface area contributed by atoms with Gasteiger partial charge in [0.25, 0.3) is 0 Å². The van der Waals surface area contributed by atoms with E-state index in [2.05, 4.69) is 26.2 Å². The van der Waals surface area contributed by atoms with Gasteiger partial charge in [-0.2, -0.15) is 0 Å². The number of ether oxygens (including phenoxy) is 1. The fraction of sp³-hybridized carbons (Fsp3) is 0.542. The Balaban J connectivity index is 1.45. The summed E-state index contributed by atoms with van der Waals surface area (Å²) in [5, 5.41) is 2.84. The molecular formula is C24H31BrN4O3. The molecule has 1 aliphatic heterocycles. The molecule has 1 aromatic carbocycles. The smallest absolute Gasteiger partial charge is 0.408 e. The van der Waals surface area contributed by atoms with E-state index in [4.69, 9.17) is 9.72 Å². The van der Waals surface area contributed by atoms with Gasteiger partial charge >= 0.3 is 6.09 Å². The van der Waals surface area contributed by atoms with Crippen LogP contribution in [0, 0.1) is 5.92 Å². The lowest BCUT2D eigenvalue weighted by atomic mass is 10.0. The number of amides is 2. The van der Waals surface area contributed by atoms with E-state index in [0.717, 1.165) is 60.1 Å². The van der Waals surface area contributed by atoms with Gasteiger partial charge in [0.1, 0.15) is 18.0 Å². The summed E-state index contributed by atoms with van der Waals surface area (Å²) < 4.78 is 6.55. The van der Waals surface area contributed by atoms with Gasteiger partial charge in [-0.1, -0.05) is 41.9 Å². The molecule has 0 bridgehead atoms. The van der Waals surface area contributed by atoms with Gasteiger partial charge in [0, 0.05) is 22.8 Å². The van der Waals surface area contributed by atoms with Crippen LogP contribution < -0.4 is 5.32 Å². The van der Waals surface area contributed by atoms with Crippen molar-refractivity contribution >= 4 is 27.9 Å². The molecule has 2 aliphatic rings. The first kappa shape index (κ1) is 22.8. The van der Waals surface area contributed by atoms with Crippen LogP contribution in [0.1, 0.15) is 64.2 Å². The van der Waals surface area contributed by atoms with Crippen molar-refractivity contribution in [1.82, 2.24) is 20.2 Å². The molecule has 2 N–H and O–H groups in total. The van der Waals surface area contributed by atoms with Gasteiger partial charge < -0.3 is 19.9 Å². The SMILES string of the molecule is CC(C)C(NC(=O)OC1CCCC1)C(=O)N1CCCC1c1nc(-c2ccc(Br)cc2)c[nH]1. The number of carbonyl (C=O) groups excluding carboxylic acids is 2. The summed E-state index contributed by atoms with van der Waals surface area (Å²) in [5.74, 6) is 0.659. The van der Waals surface area contributed by atoms with Crippen LogP contribution in [0.4, 0.5) is 4.79 Å². The van der Waals surface area contributed by atoms with E-state index in [1.165, 1.54) is 0 Å². The first-order valence-electron chi connectivity index (χ1n) is 11.5. The molecule has 1 saturated heterocycles. The third-order valence-corrected chi connectivity index (χ3v) is 6.90. The minimum Gasteiger partial charge on any atom is -0.446 e. The lowest BCUT2D eigenvalue weighted by molar-refractivity contribution is -0.135. The molecule has 7 nitrogen and oxygen atoms in total. The molecule has 0 radical (unpaired) electrons. The molecule has 2 atom stereocenters. The third kappa shape index (κ3) is 5.17. The van der Waals surface area contributed by atoms with E-state index >= 15 is 0 Å². The maximum absolute atomic E-state index is 13.5. The van der Waals surface area contributed by atoms with Crippen molar-refractivity contribution in [2.24, 2.45) is 5.92 Å². The van der Waals surface area contributed by atoms with Crippen molar-refractivity contribution < 1.29 is 14.3 Å². The van der Waals surface area contributed by atoms with Crippen LogP contribution >= 0.6 is 15.9 Å². The number of benzene rings is 1. The maximum Gasteiger partial charge on any atom is 0.408 e. The van der Waals surface area contributed by atoms with Crippen LogP contribution in [-0.4, -0.2) is 45.6 Å². The van der Waals surface area contributed by atoms with Gasteiger partial charge in [0.05, 0.1) is 11.7 Å². The molecule has 2 fully saturated rings. The number of H-pyrrole nitrogens is 1. The fourth-order valence-electron chi connectivity index (χ4n) is 4.60. The second-order valence-corrected chi connectivity index (χ2v) is 9.96. The molecule has 2 unspecified atom stereocenters. The number of hydrogen-bond acceptors (Lipinski definition) is 4. The van der Waals surface area contributed by atoms with E-state index in [9.17, 15) is 9.59 Å². The Hall–Kier alpha value is -2.35. The van der Waals surface area contributed by atoms with Crippen molar-refractivity contribution in [3.63, 3.8) is 0 Å². The second kappa shape index (κ2) is 10.1. The van der Waals surface area contributed by atoms with Crippen LogP contribution in [0.3, 0.4) is 0 Å². The number of aromatic amines is 1. The molecule has 2 heterocycles. The minimum atomic E-state index is -0.620. The van der Waals surface area contributed by atoms with Gasteiger partial charge in [-0.05, 0) is 56.6 Å². The summed E-state index contributed by atoms with van der Waals surface area (Å²) in [7, 11) is 0. The molecular weight excluding hydrogens is 472 g/mol. The summed E-state index contributed by atoms with van der Waals surface area (Å²) in [5.41, 5.74) is 1.87. The Morgan fingerprint density at radius 3 is 2.56 bits per heavy atom. The van der Waals surface area contributed by atoms with Crippen LogP contribution in [-0.2, 0) is 9.53 Å². The zero-order chi connectivity index (χ0) is 22.7. The first-order valence-corrected chi connectivity index (χ1v) is 12.3. The minimum absolute atomic E-state index is 0.0300. The summed E-state index contributed by atoms with van der Waals surface area (Å²) in [4.78, 5) is 35.8. The molecule has 0 spiro atoms. The molecule has 2 aromatic rings. The number of alkyl carbamates (subject to hydrolysis) is 1. The quantitative estimate of drug-likeness (QED) is 0.568. The fourth-order valence-corrected chi connectivity index (χ4v) is 4.87. The highest BCUT2D eigenvalue weighted by molar-refractivity contribution is 9.10. The normalized spacial score (nSPS) is 20.0. The first-order chi connectivity index (χ1) is 15.4. The van der Waals surface area contributed by atoms with Crippen molar-refractivity contribution in [3.05, 3.63) is 40.8 Å². The summed E-state index contributed by atoms with van der Waals surface area (Å²) in [6.45, 7) is 4.55. The van der Waals surface area contributed by atoms with E-state index < -0.39 is 12.1 Å². The number of aromatic nitrogens is 2. The molecule has 32 heavy (non-hydrogen) atoms. The van der Waals surface area contributed by atoms with Crippen LogP contribution in [0.5, 0.6) is 0 Å². The van der Waals surface area contributed by atoms with Gasteiger partial charge in [0.15, 0.2) is 0 Å². The molecule has 1 aliphatic carbocycles. The van der Waals surface area contributed by atoms with Gasteiger partial charge in [-0.25, -0.2) is 9.78 Å². The number of hydrogen-bond donors (Lipinski definition) is 2. The highest BCUT2D eigenvalue weighted by Gasteiger charge is 2.37. The van der Waals surface area contributed by atoms with Crippen LogP contribution in [0.2, 0.25) is 0 Å². The van der Waals surface area contributed by atoms with Crippen LogP contribution in [0.25, 0.3) is 11.3 Å². The summed E-state index contributed by atoms with van der Waals surface area (Å²) >= 11 is 3.46. The number of carbonyl (C=O) groups is 2. The highest BCUT2D eigenvalue weighted by atomic mass is 79.9. The zero-order valence-electron chi connectivity index (χ0n) is 18.6. The predicted molar refractivity (Wildman–Crippen MR) is 126 cm³/mol. The number of rotatable bonds is 6. The molecule has 172 valence electrons. The van der Waals surface area contributed by atoms with Gasteiger partial charge in [-0.15, -0.1) is 0 Å². The Kier molecular flexibility index (Phi) is 7.18. The number of nitrogens with one attached hydrogen (secondary N) is 2. The van der Waals surface area contributed by atoms with E-state index in [1.807, 2.05) is 49.2 Å². The van der Waals surface area contributed by atoms with Crippen molar-refractivity contribution in [1.29, 1.82) is 0 Å². The molecule has 8 heteroatoms. The lowest BCUT2D eigenvalue weighted by Crippen LogP contribution is -2.51. The molecule has 1 saturated carbocycles. The molecule has 2 amide bonds. The molecule has 1 aromatic heterocycles. The van der Waals surface area contributed by atoms with Gasteiger partial charge in [0.2, 0.25) is 5.91 Å². The monoisotopic (exact) mass is 502 g/mol. The summed E-state index contributed by atoms with van der Waals surface area (Å²) in [6, 6.07) is 7.25. The Morgan fingerprint density at radius 2 is 1.88 bits per heavy atom. The lowest BCUT2D eigenvalue weighted by Gasteiger charge is -2.30. The number of halogens is 1. The Labute approximate surface area is 197 Å². The highest BCUT2D eigenvalue weighted by Crippen LogP contribution is 2.33. The zero-order valence-corrected chi connectivity index (χ0v) is 20.2.